The second-order valence-corrected chi connectivity index (χ2v) is 5.53. The number of amides is 1. The van der Waals surface area contributed by atoms with Crippen molar-refractivity contribution < 1.29 is 14.7 Å². The van der Waals surface area contributed by atoms with Crippen LogP contribution in [0.4, 0.5) is 0 Å². The summed E-state index contributed by atoms with van der Waals surface area (Å²) in [6.45, 7) is 6.52. The lowest BCUT2D eigenvalue weighted by Gasteiger charge is -2.27. The van der Waals surface area contributed by atoms with Gasteiger partial charge in [-0.25, -0.2) is 0 Å². The van der Waals surface area contributed by atoms with Crippen molar-refractivity contribution in [2.75, 3.05) is 6.54 Å². The molecule has 1 aliphatic heterocycles. The lowest BCUT2D eigenvalue weighted by Crippen LogP contribution is -2.35. The molecule has 19 heavy (non-hydrogen) atoms. The number of hydrogen-bond donors (Lipinski definition) is 0. The first-order valence-electron chi connectivity index (χ1n) is 6.51. The molecule has 1 aliphatic rings. The van der Waals surface area contributed by atoms with Crippen molar-refractivity contribution in [2.45, 2.75) is 33.2 Å². The number of aryl methyl sites for hydroxylation is 1. The number of carbonyl (C=O) groups is 2. The quantitative estimate of drug-likeness (QED) is 0.819. The summed E-state index contributed by atoms with van der Waals surface area (Å²) in [6.07, 6.45) is -0.144. The van der Waals surface area contributed by atoms with Gasteiger partial charge in [-0.15, -0.1) is 0 Å². The van der Waals surface area contributed by atoms with Crippen LogP contribution >= 0.6 is 0 Å². The minimum absolute atomic E-state index is 0.0741. The van der Waals surface area contributed by atoms with E-state index in [9.17, 15) is 14.7 Å². The first-order chi connectivity index (χ1) is 8.90. The van der Waals surface area contributed by atoms with Crippen LogP contribution in [0.25, 0.3) is 0 Å². The van der Waals surface area contributed by atoms with Gasteiger partial charge in [-0.2, -0.15) is 0 Å². The second-order valence-electron chi connectivity index (χ2n) is 5.53. The number of benzene rings is 1. The third-order valence-electron chi connectivity index (χ3n) is 3.36. The van der Waals surface area contributed by atoms with Gasteiger partial charge in [0.25, 0.3) is 5.91 Å². The van der Waals surface area contributed by atoms with Crippen molar-refractivity contribution in [1.29, 1.82) is 0 Å². The van der Waals surface area contributed by atoms with Gasteiger partial charge in [-0.05, 0) is 24.5 Å². The Balaban J connectivity index is 2.42. The van der Waals surface area contributed by atoms with Crippen molar-refractivity contribution in [1.82, 2.24) is 4.90 Å². The van der Waals surface area contributed by atoms with Crippen LogP contribution in [-0.2, 0) is 4.79 Å². The number of carbonyl (C=O) groups excluding carboxylic acids is 2. The normalized spacial score (nSPS) is 18.0. The molecule has 1 heterocycles. The molecule has 0 spiro atoms. The Morgan fingerprint density at radius 3 is 2.68 bits per heavy atom. The molecule has 1 aromatic rings. The lowest BCUT2D eigenvalue weighted by atomic mass is 10.00. The largest absolute Gasteiger partial charge is 0.550 e. The van der Waals surface area contributed by atoms with E-state index >= 15 is 0 Å². The highest BCUT2D eigenvalue weighted by Crippen LogP contribution is 2.36. The molecule has 1 aromatic carbocycles. The Morgan fingerprint density at radius 1 is 1.42 bits per heavy atom. The van der Waals surface area contributed by atoms with Gasteiger partial charge in [0.1, 0.15) is 0 Å². The molecule has 0 saturated heterocycles. The molecule has 0 radical (unpaired) electrons. The molecule has 1 unspecified atom stereocenters. The van der Waals surface area contributed by atoms with E-state index in [1.807, 2.05) is 32.9 Å². The third kappa shape index (κ3) is 2.62. The van der Waals surface area contributed by atoms with E-state index in [-0.39, 0.29) is 12.3 Å². The van der Waals surface area contributed by atoms with E-state index in [2.05, 4.69) is 0 Å². The van der Waals surface area contributed by atoms with Crippen LogP contribution < -0.4 is 5.11 Å². The fraction of sp³-hybridized carbons (Fsp3) is 0.467. The molecule has 0 aliphatic carbocycles. The molecule has 0 saturated carbocycles. The molecular weight excluding hydrogens is 242 g/mol. The molecule has 1 atom stereocenters. The molecule has 0 fully saturated rings. The molecule has 1 amide bonds. The molecule has 4 heteroatoms. The van der Waals surface area contributed by atoms with Crippen molar-refractivity contribution in [2.24, 2.45) is 5.92 Å². The first-order valence-corrected chi connectivity index (χ1v) is 6.51. The molecule has 0 bridgehead atoms. The highest BCUT2D eigenvalue weighted by atomic mass is 16.4. The number of fused-ring (bicyclic) bond motifs is 1. The Labute approximate surface area is 113 Å². The molecule has 0 N–H and O–H groups in total. The maximum Gasteiger partial charge on any atom is 0.254 e. The molecule has 4 nitrogen and oxygen atoms in total. The van der Waals surface area contributed by atoms with Gasteiger partial charge in [0.2, 0.25) is 0 Å². The fourth-order valence-corrected chi connectivity index (χ4v) is 2.60. The summed E-state index contributed by atoms with van der Waals surface area (Å²) < 4.78 is 0. The summed E-state index contributed by atoms with van der Waals surface area (Å²) in [5.74, 6) is -0.903. The van der Waals surface area contributed by atoms with E-state index in [1.54, 1.807) is 11.0 Å². The maximum atomic E-state index is 12.3. The Hall–Kier alpha value is -1.84. The first kappa shape index (κ1) is 13.6. The molecule has 2 rings (SSSR count). The van der Waals surface area contributed by atoms with Gasteiger partial charge in [0.05, 0.1) is 6.04 Å². The van der Waals surface area contributed by atoms with Gasteiger partial charge in [0, 0.05) is 24.5 Å². The number of nitrogens with zero attached hydrogens (tertiary/aromatic N) is 1. The zero-order valence-corrected chi connectivity index (χ0v) is 11.5. The predicted molar refractivity (Wildman–Crippen MR) is 69.4 cm³/mol. The summed E-state index contributed by atoms with van der Waals surface area (Å²) in [4.78, 5) is 24.9. The van der Waals surface area contributed by atoms with Gasteiger partial charge in [-0.1, -0.05) is 31.5 Å². The molecule has 0 aromatic heterocycles. The fourth-order valence-electron chi connectivity index (χ4n) is 2.60. The molecule has 102 valence electrons. The minimum atomic E-state index is -1.12. The van der Waals surface area contributed by atoms with E-state index in [4.69, 9.17) is 0 Å². The average molecular weight is 260 g/mol. The zero-order valence-electron chi connectivity index (χ0n) is 11.5. The minimum Gasteiger partial charge on any atom is -0.550 e. The highest BCUT2D eigenvalue weighted by molar-refractivity contribution is 5.99. The monoisotopic (exact) mass is 260 g/mol. The summed E-state index contributed by atoms with van der Waals surface area (Å²) in [5.41, 5.74) is 2.47. The van der Waals surface area contributed by atoms with Crippen molar-refractivity contribution in [3.05, 3.63) is 34.9 Å². The van der Waals surface area contributed by atoms with Gasteiger partial charge in [0.15, 0.2) is 0 Å². The zero-order chi connectivity index (χ0) is 14.2. The number of aliphatic carboxylic acids is 1. The summed E-state index contributed by atoms with van der Waals surface area (Å²) in [5, 5.41) is 10.9. The van der Waals surface area contributed by atoms with Gasteiger partial charge < -0.3 is 14.8 Å². The van der Waals surface area contributed by atoms with Crippen molar-refractivity contribution >= 4 is 11.9 Å². The van der Waals surface area contributed by atoms with Crippen LogP contribution in [0, 0.1) is 12.8 Å². The van der Waals surface area contributed by atoms with Crippen molar-refractivity contribution in [3.63, 3.8) is 0 Å². The van der Waals surface area contributed by atoms with E-state index < -0.39 is 12.0 Å². The number of hydrogen-bond acceptors (Lipinski definition) is 3. The average Bonchev–Trinajstić information content (AvgIpc) is 2.53. The summed E-state index contributed by atoms with van der Waals surface area (Å²) in [7, 11) is 0. The second kappa shape index (κ2) is 5.03. The Kier molecular flexibility index (Phi) is 3.60. The summed E-state index contributed by atoms with van der Waals surface area (Å²) >= 11 is 0. The van der Waals surface area contributed by atoms with Gasteiger partial charge >= 0.3 is 0 Å². The van der Waals surface area contributed by atoms with Crippen LogP contribution in [0.2, 0.25) is 0 Å². The predicted octanol–water partition coefficient (Wildman–Crippen LogP) is 1.29. The topological polar surface area (TPSA) is 60.4 Å². The highest BCUT2D eigenvalue weighted by Gasteiger charge is 2.36. The smallest absolute Gasteiger partial charge is 0.254 e. The number of carboxylic acid groups (broad SMARTS) is 1. The maximum absolute atomic E-state index is 12.3. The lowest BCUT2D eigenvalue weighted by molar-refractivity contribution is -0.306. The Bertz CT molecular complexity index is 522. The van der Waals surface area contributed by atoms with Crippen LogP contribution in [0.1, 0.15) is 47.8 Å². The van der Waals surface area contributed by atoms with Crippen molar-refractivity contribution in [3.8, 4) is 0 Å². The SMILES string of the molecule is Cc1ccc2c(c1)C(CC(=O)[O-])N(CC(C)C)C2=O. The summed E-state index contributed by atoms with van der Waals surface area (Å²) in [6, 6.07) is 5.18. The van der Waals surface area contributed by atoms with Crippen LogP contribution in [-0.4, -0.2) is 23.3 Å². The van der Waals surface area contributed by atoms with Gasteiger partial charge in [-0.3, -0.25) is 4.79 Å². The van der Waals surface area contributed by atoms with E-state index in [0.717, 1.165) is 11.1 Å². The molecular formula is C15H18NO3-. The van der Waals surface area contributed by atoms with E-state index in [1.165, 1.54) is 0 Å². The van der Waals surface area contributed by atoms with E-state index in [0.29, 0.717) is 18.0 Å². The number of carboxylic acids is 1. The third-order valence-corrected chi connectivity index (χ3v) is 3.36. The Morgan fingerprint density at radius 2 is 2.11 bits per heavy atom. The van der Waals surface area contributed by atoms with Crippen LogP contribution in [0.5, 0.6) is 0 Å². The van der Waals surface area contributed by atoms with Crippen LogP contribution in [0.15, 0.2) is 18.2 Å². The number of rotatable bonds is 4. The standard InChI is InChI=1S/C15H19NO3/c1-9(2)8-16-13(7-14(17)18)12-6-10(3)4-5-11(12)15(16)19/h4-6,9,13H,7-8H2,1-3H3,(H,17,18)/p-1. The van der Waals surface area contributed by atoms with Crippen LogP contribution in [0.3, 0.4) is 0 Å².